The second kappa shape index (κ2) is 9.12. The van der Waals surface area contributed by atoms with Gasteiger partial charge in [-0.25, -0.2) is 15.0 Å². The number of nitrogens with zero attached hydrogens (tertiary/aromatic N) is 4. The summed E-state index contributed by atoms with van der Waals surface area (Å²) in [5.74, 6) is 2.02. The van der Waals surface area contributed by atoms with Crippen LogP contribution in [-0.2, 0) is 11.3 Å². The van der Waals surface area contributed by atoms with Crippen molar-refractivity contribution in [2.75, 3.05) is 33.3 Å². The fourth-order valence-electron chi connectivity index (χ4n) is 3.76. The van der Waals surface area contributed by atoms with Gasteiger partial charge in [0.1, 0.15) is 24.6 Å². The van der Waals surface area contributed by atoms with Gasteiger partial charge in [-0.3, -0.25) is 4.57 Å². The molecule has 3 aromatic rings. The summed E-state index contributed by atoms with van der Waals surface area (Å²) in [4.78, 5) is 12.9. The highest BCUT2D eigenvalue weighted by Gasteiger charge is 2.44. The fourth-order valence-corrected chi connectivity index (χ4v) is 3.76. The van der Waals surface area contributed by atoms with Crippen LogP contribution in [0.4, 0.5) is 5.82 Å². The van der Waals surface area contributed by atoms with Gasteiger partial charge in [0.15, 0.2) is 34.7 Å². The summed E-state index contributed by atoms with van der Waals surface area (Å²) in [5.41, 5.74) is 1.65. The van der Waals surface area contributed by atoms with Crippen molar-refractivity contribution in [1.82, 2.24) is 19.5 Å². The van der Waals surface area contributed by atoms with E-state index in [-0.39, 0.29) is 0 Å². The molecule has 0 bridgehead atoms. The summed E-state index contributed by atoms with van der Waals surface area (Å²) in [6.45, 7) is -0.0767. The number of aliphatic hydroxyl groups is 3. The van der Waals surface area contributed by atoms with E-state index in [2.05, 4.69) is 20.3 Å². The maximum atomic E-state index is 10.3. The van der Waals surface area contributed by atoms with E-state index in [1.807, 2.05) is 6.07 Å². The maximum absolute atomic E-state index is 10.3. The third kappa shape index (κ3) is 3.66. The molecule has 172 valence electrons. The molecule has 12 nitrogen and oxygen atoms in total. The molecule has 1 fully saturated rings. The van der Waals surface area contributed by atoms with Crippen LogP contribution in [0, 0.1) is 0 Å². The first-order valence-corrected chi connectivity index (χ1v) is 9.85. The number of hydrogen-bond acceptors (Lipinski definition) is 11. The van der Waals surface area contributed by atoms with Crippen molar-refractivity contribution >= 4 is 17.0 Å². The average Bonchev–Trinajstić information content (AvgIpc) is 3.37. The highest BCUT2D eigenvalue weighted by molar-refractivity contribution is 5.82. The number of hydrogen-bond donors (Lipinski definition) is 4. The lowest BCUT2D eigenvalue weighted by atomic mass is 10.1. The number of anilines is 1. The summed E-state index contributed by atoms with van der Waals surface area (Å²) in [5, 5.41) is 32.9. The van der Waals surface area contributed by atoms with Crippen LogP contribution in [-0.4, -0.2) is 81.1 Å². The van der Waals surface area contributed by atoms with Gasteiger partial charge in [-0.15, -0.1) is 0 Å². The van der Waals surface area contributed by atoms with Crippen LogP contribution in [0.1, 0.15) is 11.8 Å². The Morgan fingerprint density at radius 2 is 1.81 bits per heavy atom. The molecular weight excluding hydrogens is 422 g/mol. The van der Waals surface area contributed by atoms with E-state index in [9.17, 15) is 15.3 Å². The Kier molecular flexibility index (Phi) is 6.28. The molecule has 1 aromatic carbocycles. The second-order valence-corrected chi connectivity index (χ2v) is 7.12. The van der Waals surface area contributed by atoms with Crippen molar-refractivity contribution in [1.29, 1.82) is 0 Å². The van der Waals surface area contributed by atoms with E-state index in [1.165, 1.54) is 24.3 Å². The molecule has 0 amide bonds. The van der Waals surface area contributed by atoms with Crippen molar-refractivity contribution in [3.63, 3.8) is 0 Å². The number of benzene rings is 1. The molecule has 1 aliphatic rings. The summed E-state index contributed by atoms with van der Waals surface area (Å²) < 4.78 is 23.3. The van der Waals surface area contributed by atoms with Crippen molar-refractivity contribution in [2.45, 2.75) is 31.1 Å². The van der Waals surface area contributed by atoms with Crippen molar-refractivity contribution in [2.24, 2.45) is 0 Å². The molecule has 1 unspecified atom stereocenters. The van der Waals surface area contributed by atoms with Gasteiger partial charge in [-0.05, 0) is 12.1 Å². The highest BCUT2D eigenvalue weighted by atomic mass is 16.6. The molecule has 4 rings (SSSR count). The zero-order valence-corrected chi connectivity index (χ0v) is 17.8. The molecule has 4 atom stereocenters. The lowest BCUT2D eigenvalue weighted by Crippen LogP contribution is -2.33. The van der Waals surface area contributed by atoms with Crippen LogP contribution in [0.5, 0.6) is 17.2 Å². The van der Waals surface area contributed by atoms with E-state index in [0.717, 1.165) is 5.56 Å². The zero-order valence-electron chi connectivity index (χ0n) is 17.8. The summed E-state index contributed by atoms with van der Waals surface area (Å²) in [6, 6.07) is 3.63. The molecule has 12 heteroatoms. The second-order valence-electron chi connectivity index (χ2n) is 7.12. The Balaban J connectivity index is 1.61. The maximum Gasteiger partial charge on any atom is 0.203 e. The number of rotatable bonds is 8. The Labute approximate surface area is 183 Å². The lowest BCUT2D eigenvalue weighted by molar-refractivity contribution is -0.0511. The highest BCUT2D eigenvalue weighted by Crippen LogP contribution is 2.40. The van der Waals surface area contributed by atoms with Gasteiger partial charge in [-0.1, -0.05) is 0 Å². The third-order valence-corrected chi connectivity index (χ3v) is 5.38. The first-order chi connectivity index (χ1) is 15.5. The van der Waals surface area contributed by atoms with Gasteiger partial charge in [-0.2, -0.15) is 0 Å². The van der Waals surface area contributed by atoms with Gasteiger partial charge in [0.25, 0.3) is 0 Å². The Morgan fingerprint density at radius 1 is 1.03 bits per heavy atom. The molecule has 0 saturated carbocycles. The van der Waals surface area contributed by atoms with Crippen LogP contribution in [0.25, 0.3) is 11.2 Å². The first kappa shape index (κ1) is 22.0. The predicted molar refractivity (Wildman–Crippen MR) is 112 cm³/mol. The molecule has 0 spiro atoms. The van der Waals surface area contributed by atoms with Crippen LogP contribution < -0.4 is 19.5 Å². The minimum absolute atomic E-state index is 0.344. The van der Waals surface area contributed by atoms with E-state index < -0.39 is 31.1 Å². The predicted octanol–water partition coefficient (Wildman–Crippen LogP) is 0.0757. The molecular formula is C20H25N5O7. The molecule has 0 aliphatic carbocycles. The number of ether oxygens (including phenoxy) is 4. The summed E-state index contributed by atoms with van der Waals surface area (Å²) in [7, 11) is 4.64. The van der Waals surface area contributed by atoms with Gasteiger partial charge in [0.2, 0.25) is 5.75 Å². The molecule has 0 radical (unpaired) electrons. The van der Waals surface area contributed by atoms with Crippen LogP contribution >= 0.6 is 0 Å². The van der Waals surface area contributed by atoms with E-state index >= 15 is 0 Å². The van der Waals surface area contributed by atoms with Crippen molar-refractivity contribution < 1.29 is 34.3 Å². The molecule has 3 heterocycles. The van der Waals surface area contributed by atoms with Crippen LogP contribution in [0.15, 0.2) is 24.8 Å². The molecule has 4 N–H and O–H groups in total. The SMILES string of the molecule is COc1ccc(CNc2ncnc3c2ncn3C2O[C@H](CO)[C@@H](O)[C@@H]2O)c(OC)c1OC. The zero-order chi connectivity index (χ0) is 22.8. The van der Waals surface area contributed by atoms with Crippen LogP contribution in [0.2, 0.25) is 0 Å². The number of aromatic nitrogens is 4. The minimum Gasteiger partial charge on any atom is -0.493 e. The van der Waals surface area contributed by atoms with E-state index in [0.29, 0.717) is 40.8 Å². The van der Waals surface area contributed by atoms with Gasteiger partial charge < -0.3 is 39.6 Å². The van der Waals surface area contributed by atoms with Crippen molar-refractivity contribution in [3.05, 3.63) is 30.4 Å². The Morgan fingerprint density at radius 3 is 2.47 bits per heavy atom. The molecule has 1 aliphatic heterocycles. The number of methoxy groups -OCH3 is 3. The van der Waals surface area contributed by atoms with E-state index in [4.69, 9.17) is 18.9 Å². The number of nitrogens with one attached hydrogen (secondary N) is 1. The first-order valence-electron chi connectivity index (χ1n) is 9.85. The summed E-state index contributed by atoms with van der Waals surface area (Å²) >= 11 is 0. The smallest absolute Gasteiger partial charge is 0.203 e. The van der Waals surface area contributed by atoms with Crippen molar-refractivity contribution in [3.8, 4) is 17.2 Å². The van der Waals surface area contributed by atoms with Gasteiger partial charge >= 0.3 is 0 Å². The normalized spacial score (nSPS) is 22.8. The quantitative estimate of drug-likeness (QED) is 0.371. The lowest BCUT2D eigenvalue weighted by Gasteiger charge is -2.17. The largest absolute Gasteiger partial charge is 0.493 e. The Hall–Kier alpha value is -3.19. The number of fused-ring (bicyclic) bond motifs is 1. The molecule has 32 heavy (non-hydrogen) atoms. The monoisotopic (exact) mass is 447 g/mol. The number of imidazole rings is 1. The van der Waals surface area contributed by atoms with E-state index in [1.54, 1.807) is 20.3 Å². The fraction of sp³-hybridized carbons (Fsp3) is 0.450. The number of aliphatic hydroxyl groups excluding tert-OH is 3. The summed E-state index contributed by atoms with van der Waals surface area (Å²) in [6.07, 6.45) is -1.51. The Bertz CT molecular complexity index is 1090. The minimum atomic E-state index is -1.24. The standard InChI is InChI=1S/C20H25N5O7/c1-29-11-5-4-10(16(30-2)17(11)31-3)6-21-18-13-19(23-8-22-18)25(9-24-13)20-15(28)14(27)12(7-26)32-20/h4-5,8-9,12,14-15,20,26-28H,6-7H2,1-3H3,(H,21,22,23)/t12-,14-,15+,20?/m1/s1. The molecule has 1 saturated heterocycles. The third-order valence-electron chi connectivity index (χ3n) is 5.38. The average molecular weight is 447 g/mol. The van der Waals surface area contributed by atoms with Gasteiger partial charge in [0, 0.05) is 12.1 Å². The topological polar surface area (TPSA) is 153 Å². The van der Waals surface area contributed by atoms with Crippen LogP contribution in [0.3, 0.4) is 0 Å². The molecule has 2 aromatic heterocycles. The van der Waals surface area contributed by atoms with Gasteiger partial charge in [0.05, 0.1) is 34.3 Å².